The molecule has 1 heterocycles. The molecular formula is C22H26N2O6. The van der Waals surface area contributed by atoms with Gasteiger partial charge in [0.25, 0.3) is 5.91 Å². The summed E-state index contributed by atoms with van der Waals surface area (Å²) in [5.41, 5.74) is 0.564. The van der Waals surface area contributed by atoms with Crippen molar-refractivity contribution in [1.29, 1.82) is 0 Å². The zero-order valence-corrected chi connectivity index (χ0v) is 17.0. The van der Waals surface area contributed by atoms with Gasteiger partial charge < -0.3 is 14.8 Å². The number of nitrogens with one attached hydrogen (secondary N) is 1. The minimum absolute atomic E-state index is 0.0173. The summed E-state index contributed by atoms with van der Waals surface area (Å²) >= 11 is 0. The van der Waals surface area contributed by atoms with Crippen LogP contribution in [0.25, 0.3) is 0 Å². The lowest BCUT2D eigenvalue weighted by atomic mass is 9.81. The summed E-state index contributed by atoms with van der Waals surface area (Å²) < 4.78 is 10.3. The number of ether oxygens (including phenoxy) is 2. The zero-order chi connectivity index (χ0) is 21.3. The van der Waals surface area contributed by atoms with E-state index in [1.807, 2.05) is 6.92 Å². The van der Waals surface area contributed by atoms with Crippen LogP contribution in [0.3, 0.4) is 0 Å². The van der Waals surface area contributed by atoms with Gasteiger partial charge in [0, 0.05) is 12.2 Å². The Morgan fingerprint density at radius 3 is 2.30 bits per heavy atom. The van der Waals surface area contributed by atoms with Gasteiger partial charge in [-0.25, -0.2) is 0 Å². The van der Waals surface area contributed by atoms with Crippen LogP contribution in [0.4, 0.5) is 5.69 Å². The van der Waals surface area contributed by atoms with E-state index in [2.05, 4.69) is 5.32 Å². The lowest BCUT2D eigenvalue weighted by Crippen LogP contribution is -2.35. The number of hydrogen-bond donors (Lipinski definition) is 1. The Kier molecular flexibility index (Phi) is 5.74. The van der Waals surface area contributed by atoms with E-state index in [0.717, 1.165) is 19.3 Å². The standard InChI is InChI=1S/C22H26N2O6/c1-2-29-16-7-5-15(6-8-16)23-17(25)12-30-18(26)9-10-24-21(27)19-13-3-4-14(11-13)20(19)22(24)28/h5-8,13-14,19-20H,2-4,9-12H2,1H3,(H,23,25)/t13-,14+,19-,20+. The van der Waals surface area contributed by atoms with Gasteiger partial charge in [-0.2, -0.15) is 0 Å². The second kappa shape index (κ2) is 8.45. The quantitative estimate of drug-likeness (QED) is 0.516. The monoisotopic (exact) mass is 414 g/mol. The first-order valence-electron chi connectivity index (χ1n) is 10.5. The Morgan fingerprint density at radius 1 is 1.07 bits per heavy atom. The summed E-state index contributed by atoms with van der Waals surface area (Å²) in [6.45, 7) is 2.03. The molecule has 4 atom stereocenters. The molecule has 1 aliphatic heterocycles. The molecule has 2 saturated carbocycles. The van der Waals surface area contributed by atoms with Gasteiger partial charge in [0.05, 0.1) is 24.9 Å². The van der Waals surface area contributed by atoms with Crippen molar-refractivity contribution >= 4 is 29.4 Å². The van der Waals surface area contributed by atoms with E-state index in [0.29, 0.717) is 29.9 Å². The van der Waals surface area contributed by atoms with Gasteiger partial charge in [-0.3, -0.25) is 24.1 Å². The first-order valence-corrected chi connectivity index (χ1v) is 10.5. The number of anilines is 1. The number of imide groups is 1. The third-order valence-corrected chi connectivity index (χ3v) is 6.37. The number of esters is 1. The van der Waals surface area contributed by atoms with Crippen LogP contribution in [0.2, 0.25) is 0 Å². The van der Waals surface area contributed by atoms with E-state index in [4.69, 9.17) is 9.47 Å². The van der Waals surface area contributed by atoms with Crippen molar-refractivity contribution in [2.75, 3.05) is 25.1 Å². The van der Waals surface area contributed by atoms with Crippen LogP contribution in [0.1, 0.15) is 32.6 Å². The van der Waals surface area contributed by atoms with Crippen LogP contribution in [0, 0.1) is 23.7 Å². The van der Waals surface area contributed by atoms with Crippen LogP contribution >= 0.6 is 0 Å². The predicted molar refractivity (Wildman–Crippen MR) is 106 cm³/mol. The zero-order valence-electron chi connectivity index (χ0n) is 17.0. The highest BCUT2D eigenvalue weighted by molar-refractivity contribution is 6.06. The number of nitrogens with zero attached hydrogens (tertiary/aromatic N) is 1. The molecule has 2 aliphatic carbocycles. The molecule has 4 rings (SSSR count). The molecule has 8 heteroatoms. The minimum atomic E-state index is -0.613. The van der Waals surface area contributed by atoms with Gasteiger partial charge in [0.2, 0.25) is 11.8 Å². The lowest BCUT2D eigenvalue weighted by molar-refractivity contribution is -0.149. The Balaban J connectivity index is 1.20. The van der Waals surface area contributed by atoms with Crippen molar-refractivity contribution in [3.05, 3.63) is 24.3 Å². The maximum absolute atomic E-state index is 12.6. The number of fused-ring (bicyclic) bond motifs is 5. The molecule has 0 aromatic heterocycles. The second-order valence-electron chi connectivity index (χ2n) is 8.13. The minimum Gasteiger partial charge on any atom is -0.494 e. The normalized spacial score (nSPS) is 26.6. The lowest BCUT2D eigenvalue weighted by Gasteiger charge is -2.19. The third-order valence-electron chi connectivity index (χ3n) is 6.37. The van der Waals surface area contributed by atoms with Gasteiger partial charge in [0.1, 0.15) is 5.75 Å². The van der Waals surface area contributed by atoms with E-state index in [-0.39, 0.29) is 36.6 Å². The second-order valence-corrected chi connectivity index (χ2v) is 8.13. The number of hydrogen-bond acceptors (Lipinski definition) is 6. The molecule has 1 aromatic rings. The van der Waals surface area contributed by atoms with Crippen LogP contribution in [0.15, 0.2) is 24.3 Å². The molecule has 1 saturated heterocycles. The molecular weight excluding hydrogens is 388 g/mol. The van der Waals surface area contributed by atoms with Crippen molar-refractivity contribution in [3.8, 4) is 5.75 Å². The topological polar surface area (TPSA) is 102 Å². The molecule has 8 nitrogen and oxygen atoms in total. The van der Waals surface area contributed by atoms with Crippen molar-refractivity contribution in [2.45, 2.75) is 32.6 Å². The molecule has 30 heavy (non-hydrogen) atoms. The molecule has 2 bridgehead atoms. The van der Waals surface area contributed by atoms with Crippen molar-refractivity contribution in [3.63, 3.8) is 0 Å². The largest absolute Gasteiger partial charge is 0.494 e. The van der Waals surface area contributed by atoms with Crippen LogP contribution in [0.5, 0.6) is 5.75 Å². The first kappa shape index (κ1) is 20.4. The Morgan fingerprint density at radius 2 is 1.70 bits per heavy atom. The molecule has 3 aliphatic rings. The molecule has 3 fully saturated rings. The molecule has 1 aromatic carbocycles. The van der Waals surface area contributed by atoms with Gasteiger partial charge >= 0.3 is 5.97 Å². The van der Waals surface area contributed by atoms with Crippen molar-refractivity contribution < 1.29 is 28.7 Å². The Labute approximate surface area is 174 Å². The van der Waals surface area contributed by atoms with Gasteiger partial charge in [-0.15, -0.1) is 0 Å². The average molecular weight is 414 g/mol. The Bertz CT molecular complexity index is 824. The fraction of sp³-hybridized carbons (Fsp3) is 0.545. The van der Waals surface area contributed by atoms with Gasteiger partial charge in [-0.1, -0.05) is 0 Å². The van der Waals surface area contributed by atoms with Gasteiger partial charge in [0.15, 0.2) is 6.61 Å². The van der Waals surface area contributed by atoms with Crippen LogP contribution in [-0.4, -0.2) is 48.3 Å². The summed E-state index contributed by atoms with van der Waals surface area (Å²) in [5, 5.41) is 2.63. The SMILES string of the molecule is CCOc1ccc(NC(=O)COC(=O)CCN2C(=O)[C@@H]3[C@@H]4CC[C@@H](C4)[C@@H]3C2=O)cc1. The number of amides is 3. The molecule has 1 N–H and O–H groups in total. The van der Waals surface area contributed by atoms with E-state index >= 15 is 0 Å². The van der Waals surface area contributed by atoms with Crippen molar-refractivity contribution in [2.24, 2.45) is 23.7 Å². The van der Waals surface area contributed by atoms with E-state index in [1.165, 1.54) is 4.90 Å². The highest BCUT2D eigenvalue weighted by Gasteiger charge is 2.60. The number of rotatable bonds is 8. The molecule has 0 unspecified atom stereocenters. The Hall–Kier alpha value is -2.90. The first-order chi connectivity index (χ1) is 14.5. The van der Waals surface area contributed by atoms with E-state index in [1.54, 1.807) is 24.3 Å². The maximum atomic E-state index is 12.6. The highest BCUT2D eigenvalue weighted by atomic mass is 16.5. The predicted octanol–water partition coefficient (Wildman–Crippen LogP) is 1.99. The average Bonchev–Trinajstić information content (AvgIpc) is 3.41. The van der Waals surface area contributed by atoms with Crippen LogP contribution < -0.4 is 10.1 Å². The molecule has 3 amide bonds. The summed E-state index contributed by atoms with van der Waals surface area (Å²) in [6, 6.07) is 6.85. The summed E-state index contributed by atoms with van der Waals surface area (Å²) in [6.07, 6.45) is 2.91. The number of carbonyl (C=O) groups is 4. The fourth-order valence-corrected chi connectivity index (χ4v) is 5.11. The molecule has 0 radical (unpaired) electrons. The molecule has 0 spiro atoms. The number of benzene rings is 1. The number of likely N-dealkylation sites (tertiary alicyclic amines) is 1. The third kappa shape index (κ3) is 3.91. The number of carbonyl (C=O) groups excluding carboxylic acids is 4. The van der Waals surface area contributed by atoms with Gasteiger partial charge in [-0.05, 0) is 62.3 Å². The fourth-order valence-electron chi connectivity index (χ4n) is 5.11. The summed E-state index contributed by atoms with van der Waals surface area (Å²) in [7, 11) is 0. The maximum Gasteiger partial charge on any atom is 0.308 e. The van der Waals surface area contributed by atoms with Crippen molar-refractivity contribution in [1.82, 2.24) is 4.90 Å². The van der Waals surface area contributed by atoms with E-state index < -0.39 is 18.5 Å². The summed E-state index contributed by atoms with van der Waals surface area (Å²) in [5.74, 6) is -0.398. The smallest absolute Gasteiger partial charge is 0.308 e. The van der Waals surface area contributed by atoms with Crippen LogP contribution in [-0.2, 0) is 23.9 Å². The summed E-state index contributed by atoms with van der Waals surface area (Å²) in [4.78, 5) is 50.4. The molecule has 160 valence electrons. The van der Waals surface area contributed by atoms with E-state index in [9.17, 15) is 19.2 Å². The highest BCUT2D eigenvalue weighted by Crippen LogP contribution is 2.56.